The Morgan fingerprint density at radius 3 is 2.79 bits per heavy atom. The van der Waals surface area contributed by atoms with Gasteiger partial charge in [0.15, 0.2) is 0 Å². The van der Waals surface area contributed by atoms with Gasteiger partial charge in [-0.15, -0.1) is 0 Å². The van der Waals surface area contributed by atoms with Crippen molar-refractivity contribution in [2.45, 2.75) is 6.42 Å². The number of carboxylic acid groups (broad SMARTS) is 1. The minimum atomic E-state index is -1.01. The Bertz CT molecular complexity index is 1150. The first-order chi connectivity index (χ1) is 15.8. The zero-order valence-corrected chi connectivity index (χ0v) is 19.1. The third kappa shape index (κ3) is 7.27. The van der Waals surface area contributed by atoms with Crippen LogP contribution in [0.4, 0.5) is 21.8 Å². The number of carbonyl (C=O) groups is 1. The van der Waals surface area contributed by atoms with Crippen molar-refractivity contribution >= 4 is 41.1 Å². The molecule has 0 radical (unpaired) electrons. The molecular formula is C24H25ClFN5O2. The average molecular weight is 470 g/mol. The Labute approximate surface area is 196 Å². The maximum atomic E-state index is 13.5. The molecule has 0 bridgehead atoms. The molecule has 0 fully saturated rings. The molecule has 0 saturated carbocycles. The normalized spacial score (nSPS) is 11.2. The molecule has 33 heavy (non-hydrogen) atoms. The molecule has 0 amide bonds. The molecule has 0 atom stereocenters. The van der Waals surface area contributed by atoms with Gasteiger partial charge in [-0.25, -0.2) is 14.2 Å². The van der Waals surface area contributed by atoms with Crippen LogP contribution < -0.4 is 10.6 Å². The Kier molecular flexibility index (Phi) is 8.34. The predicted octanol–water partition coefficient (Wildman–Crippen LogP) is 5.14. The molecule has 2 aromatic carbocycles. The zero-order valence-electron chi connectivity index (χ0n) is 18.3. The summed E-state index contributed by atoms with van der Waals surface area (Å²) in [4.78, 5) is 22.0. The highest BCUT2D eigenvalue weighted by Gasteiger charge is 2.11. The van der Waals surface area contributed by atoms with Gasteiger partial charge in [0.05, 0.1) is 5.02 Å². The molecule has 7 nitrogen and oxygen atoms in total. The smallest absolute Gasteiger partial charge is 0.328 e. The van der Waals surface area contributed by atoms with Crippen LogP contribution in [0.15, 0.2) is 54.7 Å². The van der Waals surface area contributed by atoms with Gasteiger partial charge in [0.2, 0.25) is 5.95 Å². The second-order valence-electron chi connectivity index (χ2n) is 7.59. The number of benzene rings is 2. The number of nitrogens with one attached hydrogen (secondary N) is 2. The molecule has 9 heteroatoms. The van der Waals surface area contributed by atoms with Gasteiger partial charge in [-0.3, -0.25) is 0 Å². The summed E-state index contributed by atoms with van der Waals surface area (Å²) in [5, 5.41) is 15.3. The lowest BCUT2D eigenvalue weighted by atomic mass is 10.0. The maximum Gasteiger partial charge on any atom is 0.328 e. The van der Waals surface area contributed by atoms with Crippen molar-refractivity contribution in [3.05, 3.63) is 71.1 Å². The lowest BCUT2D eigenvalue weighted by Gasteiger charge is -2.15. The topological polar surface area (TPSA) is 90.4 Å². The van der Waals surface area contributed by atoms with Gasteiger partial charge in [-0.2, -0.15) is 4.98 Å². The van der Waals surface area contributed by atoms with Crippen LogP contribution in [0.3, 0.4) is 0 Å². The van der Waals surface area contributed by atoms with Gasteiger partial charge in [0, 0.05) is 30.1 Å². The van der Waals surface area contributed by atoms with Crippen molar-refractivity contribution in [3.8, 4) is 11.1 Å². The number of aliphatic carboxylic acids is 1. The Morgan fingerprint density at radius 2 is 2.06 bits per heavy atom. The van der Waals surface area contributed by atoms with E-state index >= 15 is 0 Å². The fourth-order valence-corrected chi connectivity index (χ4v) is 3.25. The summed E-state index contributed by atoms with van der Waals surface area (Å²) in [7, 11) is 4.03. The standard InChI is InChI=1S/C24H25ClFN5O2/c1-31(2)12-4-11-27-23-19(17-6-3-5-16(13-17)7-10-22(32)33)15-28-24(30-23)29-18-8-9-21(26)20(25)14-18/h3,5-10,13-15H,4,11-12H2,1-2H3,(H,32,33)(H2,27,28,29,30). The summed E-state index contributed by atoms with van der Waals surface area (Å²) in [6.07, 6.45) is 5.23. The first-order valence-electron chi connectivity index (χ1n) is 10.3. The van der Waals surface area contributed by atoms with Crippen LogP contribution in [0.5, 0.6) is 0 Å². The van der Waals surface area contributed by atoms with E-state index in [9.17, 15) is 9.18 Å². The summed E-state index contributed by atoms with van der Waals surface area (Å²) < 4.78 is 13.5. The van der Waals surface area contributed by atoms with Crippen LogP contribution in [0.25, 0.3) is 17.2 Å². The van der Waals surface area contributed by atoms with E-state index in [0.29, 0.717) is 24.0 Å². The molecule has 3 N–H and O–H groups in total. The van der Waals surface area contributed by atoms with E-state index in [1.807, 2.05) is 38.4 Å². The van der Waals surface area contributed by atoms with Crippen LogP contribution in [-0.4, -0.2) is 53.1 Å². The second-order valence-corrected chi connectivity index (χ2v) is 8.00. The molecular weight excluding hydrogens is 445 g/mol. The molecule has 1 heterocycles. The van der Waals surface area contributed by atoms with Gasteiger partial charge in [-0.1, -0.05) is 29.8 Å². The Hall–Kier alpha value is -3.49. The molecule has 0 aliphatic carbocycles. The van der Waals surface area contributed by atoms with Crippen LogP contribution in [-0.2, 0) is 4.79 Å². The van der Waals surface area contributed by atoms with Crippen molar-refractivity contribution in [1.29, 1.82) is 0 Å². The van der Waals surface area contributed by atoms with E-state index in [1.165, 1.54) is 18.2 Å². The lowest BCUT2D eigenvalue weighted by Crippen LogP contribution is -2.17. The van der Waals surface area contributed by atoms with E-state index in [4.69, 9.17) is 16.7 Å². The van der Waals surface area contributed by atoms with Crippen molar-refractivity contribution < 1.29 is 14.3 Å². The number of hydrogen-bond donors (Lipinski definition) is 3. The van der Waals surface area contributed by atoms with Gasteiger partial charge in [0.1, 0.15) is 11.6 Å². The third-order valence-electron chi connectivity index (χ3n) is 4.66. The molecule has 3 rings (SSSR count). The highest BCUT2D eigenvalue weighted by molar-refractivity contribution is 6.31. The Balaban J connectivity index is 1.90. The highest BCUT2D eigenvalue weighted by Crippen LogP contribution is 2.29. The SMILES string of the molecule is CN(C)CCCNc1nc(Nc2ccc(F)c(Cl)c2)ncc1-c1cccc(C=CC(=O)O)c1. The van der Waals surface area contributed by atoms with Crippen LogP contribution in [0.1, 0.15) is 12.0 Å². The van der Waals surface area contributed by atoms with E-state index in [1.54, 1.807) is 12.3 Å². The molecule has 0 aliphatic heterocycles. The summed E-state index contributed by atoms with van der Waals surface area (Å²) in [5.74, 6) is -0.556. The summed E-state index contributed by atoms with van der Waals surface area (Å²) in [5.41, 5.74) is 2.92. The van der Waals surface area contributed by atoms with Gasteiger partial charge >= 0.3 is 5.97 Å². The van der Waals surface area contributed by atoms with Crippen molar-refractivity contribution in [2.24, 2.45) is 0 Å². The van der Waals surface area contributed by atoms with Crippen LogP contribution in [0.2, 0.25) is 5.02 Å². The molecule has 3 aromatic rings. The summed E-state index contributed by atoms with van der Waals surface area (Å²) >= 11 is 5.87. The lowest BCUT2D eigenvalue weighted by molar-refractivity contribution is -0.131. The largest absolute Gasteiger partial charge is 0.478 e. The number of halogens is 2. The van der Waals surface area contributed by atoms with E-state index < -0.39 is 11.8 Å². The summed E-state index contributed by atoms with van der Waals surface area (Å²) in [6.45, 7) is 1.62. The molecule has 1 aromatic heterocycles. The molecule has 0 aliphatic rings. The zero-order chi connectivity index (χ0) is 23.8. The van der Waals surface area contributed by atoms with Gasteiger partial charge < -0.3 is 20.6 Å². The third-order valence-corrected chi connectivity index (χ3v) is 4.94. The highest BCUT2D eigenvalue weighted by atomic mass is 35.5. The number of hydrogen-bond acceptors (Lipinski definition) is 6. The quantitative estimate of drug-likeness (QED) is 0.279. The number of nitrogens with zero attached hydrogens (tertiary/aromatic N) is 3. The Morgan fingerprint density at radius 1 is 1.24 bits per heavy atom. The van der Waals surface area contributed by atoms with Crippen molar-refractivity contribution in [3.63, 3.8) is 0 Å². The molecule has 0 unspecified atom stereocenters. The fourth-order valence-electron chi connectivity index (χ4n) is 3.07. The molecule has 0 saturated heterocycles. The number of aromatic nitrogens is 2. The molecule has 172 valence electrons. The van der Waals surface area contributed by atoms with Crippen molar-refractivity contribution in [1.82, 2.24) is 14.9 Å². The fraction of sp³-hybridized carbons (Fsp3) is 0.208. The van der Waals surface area contributed by atoms with Gasteiger partial charge in [0.25, 0.3) is 0 Å². The van der Waals surface area contributed by atoms with Crippen molar-refractivity contribution in [2.75, 3.05) is 37.8 Å². The average Bonchev–Trinajstić information content (AvgIpc) is 2.78. The minimum Gasteiger partial charge on any atom is -0.478 e. The predicted molar refractivity (Wildman–Crippen MR) is 130 cm³/mol. The number of anilines is 3. The number of rotatable bonds is 10. The first kappa shape index (κ1) is 24.2. The molecule has 0 spiro atoms. The minimum absolute atomic E-state index is 0.00452. The monoisotopic (exact) mass is 469 g/mol. The van der Waals surface area contributed by atoms with Crippen LogP contribution in [0, 0.1) is 5.82 Å². The van der Waals surface area contributed by atoms with Gasteiger partial charge in [-0.05, 0) is 68.5 Å². The van der Waals surface area contributed by atoms with E-state index in [2.05, 4.69) is 25.5 Å². The first-order valence-corrected chi connectivity index (χ1v) is 10.7. The van der Waals surface area contributed by atoms with Crippen LogP contribution >= 0.6 is 11.6 Å². The van der Waals surface area contributed by atoms with E-state index in [-0.39, 0.29) is 5.02 Å². The second kappa shape index (κ2) is 11.4. The number of carboxylic acids is 1. The summed E-state index contributed by atoms with van der Waals surface area (Å²) in [6, 6.07) is 11.7. The maximum absolute atomic E-state index is 13.5. The van der Waals surface area contributed by atoms with E-state index in [0.717, 1.165) is 35.7 Å².